The van der Waals surface area contributed by atoms with Gasteiger partial charge in [-0.2, -0.15) is 0 Å². The van der Waals surface area contributed by atoms with Crippen LogP contribution in [0.2, 0.25) is 0 Å². The summed E-state index contributed by atoms with van der Waals surface area (Å²) >= 11 is 1.67. The van der Waals surface area contributed by atoms with Crippen LogP contribution in [0, 0.1) is 0 Å². The van der Waals surface area contributed by atoms with Gasteiger partial charge in [0.15, 0.2) is 0 Å². The zero-order chi connectivity index (χ0) is 13.0. The highest BCUT2D eigenvalue weighted by Gasteiger charge is 2.55. The molecule has 1 aliphatic carbocycles. The van der Waals surface area contributed by atoms with Gasteiger partial charge in [-0.3, -0.25) is 14.5 Å². The van der Waals surface area contributed by atoms with E-state index in [1.807, 2.05) is 12.1 Å². The summed E-state index contributed by atoms with van der Waals surface area (Å²) in [5.41, 5.74) is 0.732. The summed E-state index contributed by atoms with van der Waals surface area (Å²) in [6, 6.07) is 8.15. The highest BCUT2D eigenvalue weighted by atomic mass is 32.1. The number of fused-ring (bicyclic) bond motifs is 1. The molecule has 3 nitrogen and oxygen atoms in total. The van der Waals surface area contributed by atoms with Crippen LogP contribution < -0.4 is 0 Å². The van der Waals surface area contributed by atoms with Crippen molar-refractivity contribution in [1.82, 2.24) is 4.90 Å². The van der Waals surface area contributed by atoms with E-state index in [1.54, 1.807) is 11.3 Å². The van der Waals surface area contributed by atoms with Gasteiger partial charge in [-0.1, -0.05) is 18.2 Å². The Kier molecular flexibility index (Phi) is 2.04. The highest BCUT2D eigenvalue weighted by molar-refractivity contribution is 7.17. The zero-order valence-electron chi connectivity index (χ0n) is 10.1. The molecule has 0 atom stereocenters. The minimum absolute atomic E-state index is 0.183. The lowest BCUT2D eigenvalue weighted by atomic mass is 10.0. The van der Waals surface area contributed by atoms with Gasteiger partial charge in [0.1, 0.15) is 0 Å². The van der Waals surface area contributed by atoms with Crippen molar-refractivity contribution in [3.05, 3.63) is 47.4 Å². The van der Waals surface area contributed by atoms with E-state index in [9.17, 15) is 9.59 Å². The van der Waals surface area contributed by atoms with Crippen LogP contribution in [0.4, 0.5) is 0 Å². The van der Waals surface area contributed by atoms with Crippen LogP contribution >= 0.6 is 11.3 Å². The van der Waals surface area contributed by atoms with E-state index >= 15 is 0 Å². The molecular formula is C15H11NO2S. The minimum atomic E-state index is -0.392. The molecular weight excluding hydrogens is 258 g/mol. The number of carbonyl (C=O) groups excluding carboxylic acids is 2. The number of imide groups is 1. The molecule has 1 saturated carbocycles. The molecule has 1 fully saturated rings. The first-order valence-corrected chi connectivity index (χ1v) is 7.13. The standard InChI is InChI=1S/C15H11NO2S/c17-13-5-6-14(18)16(13)15(7-8-15)11-9-19-12-4-2-1-3-10(11)12/h1-6,9H,7-8H2. The highest BCUT2D eigenvalue weighted by Crippen LogP contribution is 2.54. The second kappa shape index (κ2) is 3.54. The van der Waals surface area contributed by atoms with Crippen molar-refractivity contribution >= 4 is 33.2 Å². The SMILES string of the molecule is O=C1C=CC(=O)N1C1(c2csc3ccccc23)CC1. The molecule has 0 radical (unpaired) electrons. The molecule has 1 aromatic carbocycles. The summed E-state index contributed by atoms with van der Waals surface area (Å²) in [5, 5.41) is 3.26. The van der Waals surface area contributed by atoms with Gasteiger partial charge in [0.25, 0.3) is 11.8 Å². The Balaban J connectivity index is 1.88. The predicted octanol–water partition coefficient (Wildman–Crippen LogP) is 2.82. The van der Waals surface area contributed by atoms with Gasteiger partial charge >= 0.3 is 0 Å². The number of nitrogens with zero attached hydrogens (tertiary/aromatic N) is 1. The maximum absolute atomic E-state index is 11.9. The number of hydrogen-bond acceptors (Lipinski definition) is 3. The Morgan fingerprint density at radius 3 is 2.42 bits per heavy atom. The summed E-state index contributed by atoms with van der Waals surface area (Å²) in [7, 11) is 0. The van der Waals surface area contributed by atoms with Gasteiger partial charge in [0, 0.05) is 16.9 Å². The molecule has 1 aliphatic heterocycles. The van der Waals surface area contributed by atoms with E-state index in [0.29, 0.717) is 0 Å². The fourth-order valence-corrected chi connectivity index (χ4v) is 3.95. The lowest BCUT2D eigenvalue weighted by Crippen LogP contribution is -2.40. The van der Waals surface area contributed by atoms with Gasteiger partial charge in [0.05, 0.1) is 5.54 Å². The Bertz CT molecular complexity index is 721. The van der Waals surface area contributed by atoms with Crippen molar-refractivity contribution in [2.24, 2.45) is 0 Å². The number of hydrogen-bond donors (Lipinski definition) is 0. The third-order valence-corrected chi connectivity index (χ3v) is 4.91. The molecule has 0 bridgehead atoms. The van der Waals surface area contributed by atoms with E-state index in [0.717, 1.165) is 23.8 Å². The molecule has 4 rings (SSSR count). The van der Waals surface area contributed by atoms with Crippen molar-refractivity contribution in [3.8, 4) is 0 Å². The molecule has 0 N–H and O–H groups in total. The lowest BCUT2D eigenvalue weighted by molar-refractivity contribution is -0.140. The third kappa shape index (κ3) is 1.37. The molecule has 2 heterocycles. The summed E-state index contributed by atoms with van der Waals surface area (Å²) < 4.78 is 1.20. The Morgan fingerprint density at radius 1 is 1.05 bits per heavy atom. The van der Waals surface area contributed by atoms with E-state index in [2.05, 4.69) is 17.5 Å². The van der Waals surface area contributed by atoms with Crippen molar-refractivity contribution in [3.63, 3.8) is 0 Å². The number of carbonyl (C=O) groups is 2. The topological polar surface area (TPSA) is 37.4 Å². The van der Waals surface area contributed by atoms with Crippen LogP contribution in [-0.2, 0) is 15.1 Å². The average Bonchev–Trinajstić information content (AvgIpc) is 2.95. The monoisotopic (exact) mass is 269 g/mol. The molecule has 1 aromatic heterocycles. The summed E-state index contributed by atoms with van der Waals surface area (Å²) in [5.74, 6) is -0.365. The minimum Gasteiger partial charge on any atom is -0.269 e. The van der Waals surface area contributed by atoms with Crippen molar-refractivity contribution < 1.29 is 9.59 Å². The first-order chi connectivity index (χ1) is 9.22. The first-order valence-electron chi connectivity index (χ1n) is 6.25. The van der Waals surface area contributed by atoms with Crippen LogP contribution in [0.5, 0.6) is 0 Å². The third-order valence-electron chi connectivity index (χ3n) is 3.94. The van der Waals surface area contributed by atoms with Crippen molar-refractivity contribution in [2.45, 2.75) is 18.4 Å². The van der Waals surface area contributed by atoms with Gasteiger partial charge < -0.3 is 0 Å². The molecule has 94 valence electrons. The molecule has 19 heavy (non-hydrogen) atoms. The number of amides is 2. The van der Waals surface area contributed by atoms with Crippen LogP contribution in [0.1, 0.15) is 18.4 Å². The van der Waals surface area contributed by atoms with Crippen LogP contribution in [0.3, 0.4) is 0 Å². The summed E-state index contributed by atoms with van der Waals surface area (Å²) in [4.78, 5) is 25.3. The fraction of sp³-hybridized carbons (Fsp3) is 0.200. The van der Waals surface area contributed by atoms with Crippen LogP contribution in [-0.4, -0.2) is 16.7 Å². The quantitative estimate of drug-likeness (QED) is 0.786. The summed E-state index contributed by atoms with van der Waals surface area (Å²) in [6.07, 6.45) is 4.48. The van der Waals surface area contributed by atoms with Crippen LogP contribution in [0.25, 0.3) is 10.1 Å². The predicted molar refractivity (Wildman–Crippen MR) is 73.7 cm³/mol. The zero-order valence-corrected chi connectivity index (χ0v) is 10.9. The average molecular weight is 269 g/mol. The smallest absolute Gasteiger partial charge is 0.254 e. The van der Waals surface area contributed by atoms with Crippen LogP contribution in [0.15, 0.2) is 41.8 Å². The summed E-state index contributed by atoms with van der Waals surface area (Å²) in [6.45, 7) is 0. The van der Waals surface area contributed by atoms with Crippen molar-refractivity contribution in [1.29, 1.82) is 0 Å². The maximum Gasteiger partial charge on any atom is 0.254 e. The van der Waals surface area contributed by atoms with Gasteiger partial charge in [-0.05, 0) is 35.2 Å². The second-order valence-corrected chi connectivity index (χ2v) is 5.93. The van der Waals surface area contributed by atoms with E-state index < -0.39 is 5.54 Å². The Morgan fingerprint density at radius 2 is 1.74 bits per heavy atom. The van der Waals surface area contributed by atoms with Gasteiger partial charge in [0.2, 0.25) is 0 Å². The number of benzene rings is 1. The molecule has 4 heteroatoms. The van der Waals surface area contributed by atoms with E-state index in [4.69, 9.17) is 0 Å². The normalized spacial score (nSPS) is 20.5. The van der Waals surface area contributed by atoms with E-state index in [-0.39, 0.29) is 11.8 Å². The molecule has 0 spiro atoms. The number of thiophene rings is 1. The van der Waals surface area contributed by atoms with Gasteiger partial charge in [-0.15, -0.1) is 11.3 Å². The maximum atomic E-state index is 11.9. The second-order valence-electron chi connectivity index (χ2n) is 5.02. The van der Waals surface area contributed by atoms with Gasteiger partial charge in [-0.25, -0.2) is 0 Å². The number of rotatable bonds is 2. The lowest BCUT2D eigenvalue weighted by Gasteiger charge is -2.25. The molecule has 0 saturated heterocycles. The molecule has 0 unspecified atom stereocenters. The fourth-order valence-electron chi connectivity index (χ4n) is 2.89. The Hall–Kier alpha value is -1.94. The molecule has 2 aromatic rings. The van der Waals surface area contributed by atoms with E-state index in [1.165, 1.54) is 21.8 Å². The molecule has 2 aliphatic rings. The Labute approximate surface area is 114 Å². The largest absolute Gasteiger partial charge is 0.269 e. The van der Waals surface area contributed by atoms with Crippen molar-refractivity contribution in [2.75, 3.05) is 0 Å². The first kappa shape index (κ1) is 10.9. The molecule has 2 amide bonds.